The zero-order valence-electron chi connectivity index (χ0n) is 12.2. The molecule has 1 aliphatic heterocycles. The first-order chi connectivity index (χ1) is 8.47. The Kier molecular flexibility index (Phi) is 4.08. The van der Waals surface area contributed by atoms with Crippen LogP contribution in [-0.4, -0.2) is 31.6 Å². The molecular weight excluding hydrogens is 220 g/mol. The third-order valence-electron chi connectivity index (χ3n) is 3.86. The number of rotatable bonds is 1. The van der Waals surface area contributed by atoms with Crippen LogP contribution in [-0.2, 0) is 5.41 Å². The first-order valence-electron chi connectivity index (χ1n) is 6.99. The second-order valence-electron chi connectivity index (χ2n) is 6.47. The lowest BCUT2D eigenvalue weighted by Gasteiger charge is -2.21. The van der Waals surface area contributed by atoms with Gasteiger partial charge in [-0.2, -0.15) is 0 Å². The van der Waals surface area contributed by atoms with Gasteiger partial charge in [-0.1, -0.05) is 45.0 Å². The van der Waals surface area contributed by atoms with Crippen LogP contribution in [0.15, 0.2) is 24.3 Å². The molecule has 1 heterocycles. The van der Waals surface area contributed by atoms with Gasteiger partial charge >= 0.3 is 0 Å². The predicted molar refractivity (Wildman–Crippen MR) is 78.0 cm³/mol. The maximum absolute atomic E-state index is 3.64. The summed E-state index contributed by atoms with van der Waals surface area (Å²) in [6.45, 7) is 10.2. The summed E-state index contributed by atoms with van der Waals surface area (Å²) in [5.74, 6) is 0. The Morgan fingerprint density at radius 1 is 1.11 bits per heavy atom. The van der Waals surface area contributed by atoms with E-state index in [2.05, 4.69) is 62.3 Å². The molecule has 1 saturated heterocycles. The molecule has 1 aromatic carbocycles. The van der Waals surface area contributed by atoms with Gasteiger partial charge < -0.3 is 10.2 Å². The summed E-state index contributed by atoms with van der Waals surface area (Å²) in [5.41, 5.74) is 3.09. The lowest BCUT2D eigenvalue weighted by atomic mass is 9.86. The van der Waals surface area contributed by atoms with Crippen molar-refractivity contribution in [3.8, 4) is 0 Å². The molecule has 1 atom stereocenters. The van der Waals surface area contributed by atoms with Crippen molar-refractivity contribution >= 4 is 0 Å². The van der Waals surface area contributed by atoms with E-state index in [1.54, 1.807) is 0 Å². The van der Waals surface area contributed by atoms with Crippen LogP contribution in [0.1, 0.15) is 44.4 Å². The number of benzene rings is 1. The highest BCUT2D eigenvalue weighted by molar-refractivity contribution is 5.29. The van der Waals surface area contributed by atoms with Crippen LogP contribution in [0.2, 0.25) is 0 Å². The Morgan fingerprint density at radius 2 is 1.78 bits per heavy atom. The van der Waals surface area contributed by atoms with Crippen LogP contribution >= 0.6 is 0 Å². The van der Waals surface area contributed by atoms with Crippen molar-refractivity contribution in [2.75, 3.05) is 26.7 Å². The van der Waals surface area contributed by atoms with Crippen LogP contribution in [0.4, 0.5) is 0 Å². The fourth-order valence-corrected chi connectivity index (χ4v) is 2.49. The lowest BCUT2D eigenvalue weighted by molar-refractivity contribution is 0.355. The monoisotopic (exact) mass is 246 g/mol. The van der Waals surface area contributed by atoms with Crippen molar-refractivity contribution < 1.29 is 0 Å². The molecule has 1 aromatic rings. The second kappa shape index (κ2) is 5.41. The van der Waals surface area contributed by atoms with Crippen molar-refractivity contribution in [1.29, 1.82) is 0 Å². The Labute approximate surface area is 111 Å². The highest BCUT2D eigenvalue weighted by Gasteiger charge is 2.17. The van der Waals surface area contributed by atoms with Gasteiger partial charge in [-0.15, -0.1) is 0 Å². The summed E-state index contributed by atoms with van der Waals surface area (Å²) in [5, 5.41) is 3.64. The summed E-state index contributed by atoms with van der Waals surface area (Å²) in [4.78, 5) is 2.40. The van der Waals surface area contributed by atoms with Crippen molar-refractivity contribution in [2.24, 2.45) is 0 Å². The second-order valence-corrected chi connectivity index (χ2v) is 6.47. The van der Waals surface area contributed by atoms with E-state index in [4.69, 9.17) is 0 Å². The van der Waals surface area contributed by atoms with Gasteiger partial charge in [0.15, 0.2) is 0 Å². The highest BCUT2D eigenvalue weighted by atomic mass is 15.1. The van der Waals surface area contributed by atoms with E-state index in [1.807, 2.05) is 0 Å². The van der Waals surface area contributed by atoms with Crippen LogP contribution in [0.3, 0.4) is 0 Å². The fraction of sp³-hybridized carbons (Fsp3) is 0.625. The minimum absolute atomic E-state index is 0.246. The molecule has 1 aliphatic rings. The van der Waals surface area contributed by atoms with Crippen LogP contribution < -0.4 is 5.32 Å². The zero-order valence-corrected chi connectivity index (χ0v) is 12.2. The largest absolute Gasteiger partial charge is 0.309 e. The fourth-order valence-electron chi connectivity index (χ4n) is 2.49. The molecule has 1 N–H and O–H groups in total. The first kappa shape index (κ1) is 13.6. The maximum Gasteiger partial charge on any atom is 0.0332 e. The molecule has 0 amide bonds. The molecule has 2 nitrogen and oxygen atoms in total. The maximum atomic E-state index is 3.64. The highest BCUT2D eigenvalue weighted by Crippen LogP contribution is 2.25. The molecule has 1 unspecified atom stereocenters. The molecule has 2 rings (SSSR count). The molecule has 0 aliphatic carbocycles. The molecule has 18 heavy (non-hydrogen) atoms. The predicted octanol–water partition coefficient (Wildman–Crippen LogP) is 2.95. The van der Waals surface area contributed by atoms with Gasteiger partial charge in [-0.05, 0) is 36.6 Å². The molecule has 1 fully saturated rings. The average molecular weight is 246 g/mol. The Balaban J connectivity index is 2.09. The summed E-state index contributed by atoms with van der Waals surface area (Å²) in [7, 11) is 2.20. The average Bonchev–Trinajstić information content (AvgIpc) is 2.53. The molecule has 2 heteroatoms. The number of hydrogen-bond donors (Lipinski definition) is 1. The molecule has 0 aromatic heterocycles. The molecule has 0 radical (unpaired) electrons. The van der Waals surface area contributed by atoms with Gasteiger partial charge in [0.1, 0.15) is 0 Å². The van der Waals surface area contributed by atoms with E-state index >= 15 is 0 Å². The van der Waals surface area contributed by atoms with Gasteiger partial charge in [0.05, 0.1) is 0 Å². The van der Waals surface area contributed by atoms with E-state index < -0.39 is 0 Å². The quantitative estimate of drug-likeness (QED) is 0.819. The van der Waals surface area contributed by atoms with Crippen LogP contribution in [0, 0.1) is 0 Å². The van der Waals surface area contributed by atoms with Gasteiger partial charge in [0.2, 0.25) is 0 Å². The third-order valence-corrected chi connectivity index (χ3v) is 3.86. The van der Waals surface area contributed by atoms with Gasteiger partial charge in [-0.25, -0.2) is 0 Å². The van der Waals surface area contributed by atoms with E-state index in [1.165, 1.54) is 24.1 Å². The Morgan fingerprint density at radius 3 is 2.39 bits per heavy atom. The normalized spacial score (nSPS) is 22.8. The summed E-state index contributed by atoms with van der Waals surface area (Å²) in [6, 6.07) is 9.67. The minimum atomic E-state index is 0.246. The standard InChI is InChI=1S/C16H26N2/c1-16(2,3)14-7-5-13(6-8-14)15-9-11-18(4)12-10-17-15/h5-8,15,17H,9-12H2,1-4H3. The summed E-state index contributed by atoms with van der Waals surface area (Å²) in [6.07, 6.45) is 1.20. The van der Waals surface area contributed by atoms with Gasteiger partial charge in [-0.3, -0.25) is 0 Å². The molecule has 100 valence electrons. The van der Waals surface area contributed by atoms with E-state index in [-0.39, 0.29) is 5.41 Å². The zero-order chi connectivity index (χ0) is 13.2. The van der Waals surface area contributed by atoms with E-state index in [9.17, 15) is 0 Å². The number of hydrogen-bond acceptors (Lipinski definition) is 2. The minimum Gasteiger partial charge on any atom is -0.309 e. The first-order valence-corrected chi connectivity index (χ1v) is 6.99. The van der Waals surface area contributed by atoms with E-state index in [0.29, 0.717) is 6.04 Å². The van der Waals surface area contributed by atoms with Crippen molar-refractivity contribution in [2.45, 2.75) is 38.6 Å². The SMILES string of the molecule is CN1CCNC(c2ccc(C(C)(C)C)cc2)CC1. The molecular formula is C16H26N2. The van der Waals surface area contributed by atoms with Crippen LogP contribution in [0.25, 0.3) is 0 Å². The summed E-state index contributed by atoms with van der Waals surface area (Å²) < 4.78 is 0. The van der Waals surface area contributed by atoms with Gasteiger partial charge in [0, 0.05) is 19.1 Å². The van der Waals surface area contributed by atoms with E-state index in [0.717, 1.165) is 13.1 Å². The van der Waals surface area contributed by atoms with Crippen molar-refractivity contribution in [3.63, 3.8) is 0 Å². The van der Waals surface area contributed by atoms with Crippen LogP contribution in [0.5, 0.6) is 0 Å². The number of nitrogens with one attached hydrogen (secondary N) is 1. The molecule has 0 bridgehead atoms. The topological polar surface area (TPSA) is 15.3 Å². The van der Waals surface area contributed by atoms with Crippen molar-refractivity contribution in [3.05, 3.63) is 35.4 Å². The Hall–Kier alpha value is -0.860. The van der Waals surface area contributed by atoms with Gasteiger partial charge in [0.25, 0.3) is 0 Å². The smallest absolute Gasteiger partial charge is 0.0332 e. The Bertz CT molecular complexity index is 375. The molecule has 0 spiro atoms. The van der Waals surface area contributed by atoms with Crippen molar-refractivity contribution in [1.82, 2.24) is 10.2 Å². The lowest BCUT2D eigenvalue weighted by Crippen LogP contribution is -2.25. The molecule has 0 saturated carbocycles. The number of likely N-dealkylation sites (N-methyl/N-ethyl adjacent to an activating group) is 1. The summed E-state index contributed by atoms with van der Waals surface area (Å²) >= 11 is 0. The third kappa shape index (κ3) is 3.33. The number of nitrogens with zero attached hydrogens (tertiary/aromatic N) is 1.